The number of hydrogen-bond donors (Lipinski definition) is 0. The van der Waals surface area contributed by atoms with Crippen molar-refractivity contribution in [1.29, 1.82) is 0 Å². The second-order valence-electron chi connectivity index (χ2n) is 38.6. The quantitative estimate of drug-likeness (QED) is 0.0455. The van der Waals surface area contributed by atoms with Gasteiger partial charge >= 0.3 is 0 Å². The molecule has 17 aromatic carbocycles. The second kappa shape index (κ2) is 46.2. The average molecular weight is 1940 g/mol. The largest absolute Gasteiger partial charge is 0.453 e. The van der Waals surface area contributed by atoms with Gasteiger partial charge in [-0.25, -0.2) is 0 Å². The Morgan fingerprint density at radius 3 is 0.610 bits per heavy atom. The maximum absolute atomic E-state index is 12.4. The number of ketones is 5. The number of unbranched alkanes of at least 4 members (excludes halogenated alkanes) is 5. The van der Waals surface area contributed by atoms with Gasteiger partial charge in [0.1, 0.15) is 0 Å². The van der Waals surface area contributed by atoms with E-state index in [0.29, 0.717) is 32.1 Å². The van der Waals surface area contributed by atoms with Gasteiger partial charge < -0.3 is 34.0 Å². The van der Waals surface area contributed by atoms with Gasteiger partial charge in [0.2, 0.25) is 0 Å². The molecule has 0 atom stereocenters. The van der Waals surface area contributed by atoms with E-state index in [1.165, 1.54) is 66.2 Å². The van der Waals surface area contributed by atoms with Crippen LogP contribution in [0.3, 0.4) is 0 Å². The van der Waals surface area contributed by atoms with Gasteiger partial charge in [0, 0.05) is 109 Å². The number of carbonyl (C=O) groups excluding carboxylic acids is 5. The van der Waals surface area contributed by atoms with Crippen LogP contribution in [0.4, 0.5) is 85.3 Å². The molecule has 0 spiro atoms. The molecule has 0 N–H and O–H groups in total. The van der Waals surface area contributed by atoms with E-state index in [-0.39, 0.29) is 39.7 Å². The summed E-state index contributed by atoms with van der Waals surface area (Å²) in [7, 11) is 0. The summed E-state index contributed by atoms with van der Waals surface area (Å²) in [5.41, 5.74) is 30.3. The van der Waals surface area contributed by atoms with Crippen molar-refractivity contribution in [3.05, 3.63) is 463 Å². The highest BCUT2D eigenvalue weighted by Crippen LogP contribution is 2.57. The number of carbonyl (C=O) groups is 5. The Morgan fingerprint density at radius 1 is 0.205 bits per heavy atom. The first-order valence-electron chi connectivity index (χ1n) is 51.7. The number of benzene rings is 17. The summed E-state index contributed by atoms with van der Waals surface area (Å²) in [4.78, 5) is 75.3. The van der Waals surface area contributed by atoms with Gasteiger partial charge in [0.05, 0.1) is 56.9 Å². The van der Waals surface area contributed by atoms with Crippen LogP contribution >= 0.6 is 11.8 Å². The highest BCUT2D eigenvalue weighted by Gasteiger charge is 2.39. The Labute approximate surface area is 865 Å². The molecule has 0 unspecified atom stereocenters. The molecule has 0 aromatic heterocycles. The van der Waals surface area contributed by atoms with E-state index in [2.05, 4.69) is 329 Å². The summed E-state index contributed by atoms with van der Waals surface area (Å²) in [5.74, 6) is 4.47. The van der Waals surface area contributed by atoms with Crippen LogP contribution in [0.15, 0.2) is 422 Å². The number of para-hydroxylation sites is 14. The molecule has 0 bridgehead atoms. The molecular formula is C133H125N5O7S. The summed E-state index contributed by atoms with van der Waals surface area (Å²) < 4.78 is 12.1. The molecular weight excluding hydrogens is 1810 g/mol. The number of nitrogens with zero attached hydrogens (tertiary/aromatic N) is 5. The maximum atomic E-state index is 12.4. The molecule has 5 aliphatic heterocycles. The molecule has 730 valence electrons. The monoisotopic (exact) mass is 1940 g/mol. The smallest absolute Gasteiger partial charge is 0.162 e. The Kier molecular flexibility index (Phi) is 31.7. The van der Waals surface area contributed by atoms with Crippen LogP contribution in [0.5, 0.6) is 23.0 Å². The Morgan fingerprint density at radius 2 is 0.377 bits per heavy atom. The molecule has 22 rings (SSSR count). The van der Waals surface area contributed by atoms with Gasteiger partial charge in [-0.2, -0.15) is 0 Å². The van der Waals surface area contributed by atoms with E-state index >= 15 is 0 Å². The third-order valence-electron chi connectivity index (χ3n) is 28.0. The molecule has 0 radical (unpaired) electrons. The number of hydrogen-bond acceptors (Lipinski definition) is 13. The zero-order valence-corrected chi connectivity index (χ0v) is 85.7. The predicted octanol–water partition coefficient (Wildman–Crippen LogP) is 37.9. The highest BCUT2D eigenvalue weighted by atomic mass is 32.2. The Balaban J connectivity index is 0.000000120. The first-order chi connectivity index (χ1) is 71.3. The van der Waals surface area contributed by atoms with Gasteiger partial charge in [-0.05, 0) is 271 Å². The number of Topliss-reactive ketones (excluding diaryl/α,β-unsaturated/α-hetero) is 5. The van der Waals surface area contributed by atoms with E-state index < -0.39 is 0 Å². The van der Waals surface area contributed by atoms with Crippen LogP contribution < -0.4 is 34.0 Å². The van der Waals surface area contributed by atoms with Crippen molar-refractivity contribution >= 4 is 126 Å². The third-order valence-corrected chi connectivity index (χ3v) is 29.2. The summed E-state index contributed by atoms with van der Waals surface area (Å²) in [5, 5.41) is 0. The molecule has 0 saturated carbocycles. The fraction of sp³-hybridized carbons (Fsp3) is 0.195. The van der Waals surface area contributed by atoms with Crippen LogP contribution in [-0.2, 0) is 10.8 Å². The highest BCUT2D eigenvalue weighted by molar-refractivity contribution is 7.99. The van der Waals surface area contributed by atoms with Crippen molar-refractivity contribution in [2.45, 2.75) is 179 Å². The lowest BCUT2D eigenvalue weighted by Crippen LogP contribution is -2.30. The van der Waals surface area contributed by atoms with Crippen molar-refractivity contribution in [3.63, 3.8) is 0 Å². The minimum atomic E-state index is -0.0558. The molecule has 146 heavy (non-hydrogen) atoms. The number of fused-ring (bicyclic) bond motifs is 10. The molecule has 0 fully saturated rings. The van der Waals surface area contributed by atoms with Gasteiger partial charge in [-0.3, -0.25) is 24.0 Å². The summed E-state index contributed by atoms with van der Waals surface area (Å²) >= 11 is 1.80. The van der Waals surface area contributed by atoms with Crippen LogP contribution in [0.1, 0.15) is 233 Å². The average Bonchev–Trinajstić information content (AvgIpc) is 0.723. The lowest BCUT2D eigenvalue weighted by atomic mass is 9.73. The second-order valence-corrected chi connectivity index (χ2v) is 39.7. The van der Waals surface area contributed by atoms with Crippen LogP contribution in [0, 0.1) is 0 Å². The Bertz CT molecular complexity index is 7090. The topological polar surface area (TPSA) is 120 Å². The fourth-order valence-corrected chi connectivity index (χ4v) is 21.0. The Hall–Kier alpha value is -16.0. The predicted molar refractivity (Wildman–Crippen MR) is 604 cm³/mol. The minimum Gasteiger partial charge on any atom is -0.453 e. The van der Waals surface area contributed by atoms with Crippen molar-refractivity contribution in [3.8, 4) is 45.3 Å². The van der Waals surface area contributed by atoms with Gasteiger partial charge in [0.15, 0.2) is 51.9 Å². The van der Waals surface area contributed by atoms with Gasteiger partial charge in [-0.15, -0.1) is 0 Å². The lowest BCUT2D eigenvalue weighted by molar-refractivity contribution is 0.0972. The van der Waals surface area contributed by atoms with E-state index in [0.717, 1.165) is 188 Å². The molecule has 5 heterocycles. The third kappa shape index (κ3) is 21.8. The number of rotatable bonds is 27. The first-order valence-corrected chi connectivity index (χ1v) is 52.5. The number of ether oxygens (including phenoxy) is 2. The zero-order chi connectivity index (χ0) is 101. The molecule has 13 heteroatoms. The fourth-order valence-electron chi connectivity index (χ4n) is 19.9. The molecule has 17 aromatic rings. The van der Waals surface area contributed by atoms with Crippen molar-refractivity contribution in [1.82, 2.24) is 0 Å². The standard InChI is InChI=1S/C32H31NO.C29H25NO2.C26H27NO.C23H21NO2.C23H21NOS/c1-4-5-14-31(34)25-17-15-23(16-18-25)24-19-21-26(22-20-24)33-29-12-8-6-10-27(29)32(2,3)28-11-7-9-13-30(28)33;1-2-3-10-27(31)23-15-13-21(14-16-23)22-17-19-24(20-18-22)30-25-8-4-6-11-28(25)32-29-12-7-5-9-26(29)30;1-4-5-14-25(28)19-15-17-20(18-16-19)27-23-12-8-6-10-21(23)26(2,3)22-11-7-9-13-24(22)27;2*1-2-3-10-21(25)17-13-15-18(16-14-17)24-19-8-4-6-11-22(19)26-23-12-7-5-9-20(23)24/h6-13,15-22H,4-5,14H2,1-3H3;4-9,11-20H,2-3,10H2,1H3;6-13,15-18H,4-5,14H2,1-3H3;2*4-9,11-16H,2-3,10H2,1H3. The molecule has 12 nitrogen and oxygen atoms in total. The molecule has 0 amide bonds. The van der Waals surface area contributed by atoms with E-state index in [1.807, 2.05) is 170 Å². The van der Waals surface area contributed by atoms with Crippen molar-refractivity contribution < 1.29 is 33.4 Å². The van der Waals surface area contributed by atoms with Crippen molar-refractivity contribution in [2.24, 2.45) is 0 Å². The summed E-state index contributed by atoms with van der Waals surface area (Å²) in [6, 6.07) is 141. The number of anilines is 15. The van der Waals surface area contributed by atoms with E-state index in [9.17, 15) is 24.0 Å². The maximum Gasteiger partial charge on any atom is 0.162 e. The first kappa shape index (κ1) is 100. The van der Waals surface area contributed by atoms with E-state index in [4.69, 9.17) is 9.47 Å². The molecule has 5 aliphatic rings. The van der Waals surface area contributed by atoms with Crippen LogP contribution in [-0.4, -0.2) is 28.9 Å². The lowest BCUT2D eigenvalue weighted by Gasteiger charge is -2.42. The molecule has 0 aliphatic carbocycles. The van der Waals surface area contributed by atoms with E-state index in [1.54, 1.807) is 11.8 Å². The van der Waals surface area contributed by atoms with Crippen LogP contribution in [0.25, 0.3) is 22.3 Å². The summed E-state index contributed by atoms with van der Waals surface area (Å²) in [6.45, 7) is 19.7. The minimum absolute atomic E-state index is 0.0556. The van der Waals surface area contributed by atoms with Crippen LogP contribution in [0.2, 0.25) is 0 Å². The van der Waals surface area contributed by atoms with Gasteiger partial charge in [-0.1, -0.05) is 325 Å². The molecule has 0 saturated heterocycles. The van der Waals surface area contributed by atoms with Gasteiger partial charge in [0.25, 0.3) is 0 Å². The van der Waals surface area contributed by atoms with Crippen molar-refractivity contribution in [2.75, 3.05) is 24.5 Å². The SMILES string of the molecule is CCCCC(=O)c1ccc(-c2ccc(N3c4ccccc4C(C)(C)c4ccccc43)cc2)cc1.CCCCC(=O)c1ccc(-c2ccc(N3c4ccccc4Oc4ccccc43)cc2)cc1.CCCCC(=O)c1ccc(N2c3ccccc3C(C)(C)c3ccccc32)cc1.CCCCC(=O)c1ccc(N2c3ccccc3Oc3ccccc32)cc1.CCCCC(=O)c1ccc(N2c3ccccc3Sc3ccccc32)cc1. The zero-order valence-electron chi connectivity index (χ0n) is 84.9. The summed E-state index contributed by atoms with van der Waals surface area (Å²) in [6.07, 6.45) is 13.0. The normalized spacial score (nSPS) is 13.0.